The Hall–Kier alpha value is -4.64. The predicted octanol–water partition coefficient (Wildman–Crippen LogP) is 6.81. The van der Waals surface area contributed by atoms with Crippen molar-refractivity contribution in [2.45, 2.75) is 19.8 Å². The third kappa shape index (κ3) is 3.95. The molecule has 0 aromatic heterocycles. The molecule has 0 N–H and O–H groups in total. The lowest BCUT2D eigenvalue weighted by Gasteiger charge is -2.22. The van der Waals surface area contributed by atoms with Crippen LogP contribution in [0.3, 0.4) is 0 Å². The monoisotopic (exact) mass is 472 g/mol. The number of hydrazone groups is 1. The van der Waals surface area contributed by atoms with E-state index in [2.05, 4.69) is 29.4 Å². The standard InChI is InChI=1S/C31H24N2O3/c1-21(34)33-31(36-30(32-33)27-18-9-13-23-11-3-5-16-26(23)27)28-17-6-7-19-29(28)35-20-24-14-8-12-22-10-2-4-15-25(22)24/h2-19,31H,20H2,1H3/t31-/m1/s1. The molecular formula is C31H24N2O3. The van der Waals surface area contributed by atoms with Gasteiger partial charge in [0, 0.05) is 12.5 Å². The smallest absolute Gasteiger partial charge is 0.243 e. The predicted molar refractivity (Wildman–Crippen MR) is 142 cm³/mol. The molecule has 1 aliphatic heterocycles. The number of hydrogen-bond donors (Lipinski definition) is 0. The molecule has 0 fully saturated rings. The van der Waals surface area contributed by atoms with E-state index >= 15 is 0 Å². The highest BCUT2D eigenvalue weighted by molar-refractivity contribution is 6.07. The number of carbonyl (C=O) groups is 1. The Balaban J connectivity index is 1.33. The maximum atomic E-state index is 12.6. The maximum Gasteiger partial charge on any atom is 0.243 e. The van der Waals surface area contributed by atoms with Crippen LogP contribution < -0.4 is 4.74 Å². The van der Waals surface area contributed by atoms with E-state index in [-0.39, 0.29) is 5.91 Å². The molecule has 0 saturated heterocycles. The van der Waals surface area contributed by atoms with Gasteiger partial charge < -0.3 is 9.47 Å². The molecule has 176 valence electrons. The van der Waals surface area contributed by atoms with Gasteiger partial charge in [-0.05, 0) is 45.3 Å². The Kier molecular flexibility index (Phi) is 5.58. The van der Waals surface area contributed by atoms with E-state index in [1.807, 2.05) is 84.9 Å². The molecule has 1 aliphatic rings. The van der Waals surface area contributed by atoms with Crippen molar-refractivity contribution in [1.82, 2.24) is 5.01 Å². The lowest BCUT2D eigenvalue weighted by molar-refractivity contribution is -0.135. The van der Waals surface area contributed by atoms with Gasteiger partial charge in [-0.1, -0.05) is 91.0 Å². The summed E-state index contributed by atoms with van der Waals surface area (Å²) >= 11 is 0. The third-order valence-electron chi connectivity index (χ3n) is 6.43. The molecule has 0 aliphatic carbocycles. The molecule has 5 aromatic rings. The van der Waals surface area contributed by atoms with Gasteiger partial charge in [-0.3, -0.25) is 4.79 Å². The quantitative estimate of drug-likeness (QED) is 0.282. The highest BCUT2D eigenvalue weighted by Crippen LogP contribution is 2.37. The lowest BCUT2D eigenvalue weighted by atomic mass is 10.0. The van der Waals surface area contributed by atoms with Gasteiger partial charge in [-0.25, -0.2) is 0 Å². The number of fused-ring (bicyclic) bond motifs is 2. The molecule has 0 unspecified atom stereocenters. The van der Waals surface area contributed by atoms with E-state index in [9.17, 15) is 4.79 Å². The SMILES string of the molecule is CC(=O)N1N=C(c2cccc3ccccc23)O[C@@H]1c1ccccc1OCc1cccc2ccccc12. The van der Waals surface area contributed by atoms with Gasteiger partial charge in [0.25, 0.3) is 0 Å². The molecule has 5 aromatic carbocycles. The summed E-state index contributed by atoms with van der Waals surface area (Å²) in [6, 6.07) is 36.1. The third-order valence-corrected chi connectivity index (χ3v) is 6.43. The number of ether oxygens (including phenoxy) is 2. The summed E-state index contributed by atoms with van der Waals surface area (Å²) in [5.74, 6) is 0.853. The van der Waals surface area contributed by atoms with Crippen molar-refractivity contribution < 1.29 is 14.3 Å². The van der Waals surface area contributed by atoms with Crippen LogP contribution in [0.4, 0.5) is 0 Å². The number of carbonyl (C=O) groups excluding carboxylic acids is 1. The van der Waals surface area contributed by atoms with Crippen LogP contribution in [0.2, 0.25) is 0 Å². The molecule has 1 atom stereocenters. The van der Waals surface area contributed by atoms with E-state index in [0.29, 0.717) is 18.3 Å². The Morgan fingerprint density at radius 1 is 0.806 bits per heavy atom. The number of benzene rings is 5. The summed E-state index contributed by atoms with van der Waals surface area (Å²) in [4.78, 5) is 12.6. The van der Waals surface area contributed by atoms with Crippen molar-refractivity contribution >= 4 is 33.3 Å². The van der Waals surface area contributed by atoms with Gasteiger partial charge in [-0.2, -0.15) is 5.01 Å². The highest BCUT2D eigenvalue weighted by Gasteiger charge is 2.35. The van der Waals surface area contributed by atoms with Gasteiger partial charge in [-0.15, -0.1) is 5.10 Å². The average molecular weight is 473 g/mol. The molecule has 5 nitrogen and oxygen atoms in total. The van der Waals surface area contributed by atoms with Crippen LogP contribution in [0.5, 0.6) is 5.75 Å². The molecular weight excluding hydrogens is 448 g/mol. The zero-order chi connectivity index (χ0) is 24.5. The van der Waals surface area contributed by atoms with Gasteiger partial charge >= 0.3 is 0 Å². The minimum Gasteiger partial charge on any atom is -0.488 e. The molecule has 1 heterocycles. The minimum absolute atomic E-state index is 0.209. The fourth-order valence-corrected chi connectivity index (χ4v) is 4.68. The Morgan fingerprint density at radius 2 is 1.44 bits per heavy atom. The van der Waals surface area contributed by atoms with Gasteiger partial charge in [0.1, 0.15) is 12.4 Å². The summed E-state index contributed by atoms with van der Waals surface area (Å²) in [5, 5.41) is 10.4. The van der Waals surface area contributed by atoms with E-state index in [1.54, 1.807) is 0 Å². The van der Waals surface area contributed by atoms with Crippen LogP contribution >= 0.6 is 0 Å². The second-order valence-corrected chi connectivity index (χ2v) is 8.73. The van der Waals surface area contributed by atoms with Crippen LogP contribution in [0.25, 0.3) is 21.5 Å². The van der Waals surface area contributed by atoms with Crippen LogP contribution in [-0.4, -0.2) is 16.8 Å². The van der Waals surface area contributed by atoms with E-state index in [4.69, 9.17) is 9.47 Å². The zero-order valence-electron chi connectivity index (χ0n) is 19.8. The Morgan fingerprint density at radius 3 is 2.25 bits per heavy atom. The molecule has 1 amide bonds. The second kappa shape index (κ2) is 9.19. The highest BCUT2D eigenvalue weighted by atomic mass is 16.5. The van der Waals surface area contributed by atoms with Crippen LogP contribution in [0.1, 0.15) is 29.8 Å². The molecule has 0 bridgehead atoms. The molecule has 0 spiro atoms. The summed E-state index contributed by atoms with van der Waals surface area (Å²) in [6.07, 6.45) is -0.722. The Labute approximate surface area is 209 Å². The van der Waals surface area contributed by atoms with Gasteiger partial charge in [0.15, 0.2) is 0 Å². The summed E-state index contributed by atoms with van der Waals surface area (Å²) < 4.78 is 12.7. The van der Waals surface area contributed by atoms with Crippen molar-refractivity contribution in [2.75, 3.05) is 0 Å². The molecule has 0 radical (unpaired) electrons. The van der Waals surface area contributed by atoms with Crippen LogP contribution in [0, 0.1) is 0 Å². The summed E-state index contributed by atoms with van der Waals surface area (Å²) in [6.45, 7) is 1.88. The van der Waals surface area contributed by atoms with Crippen molar-refractivity contribution in [3.63, 3.8) is 0 Å². The largest absolute Gasteiger partial charge is 0.488 e. The first-order valence-electron chi connectivity index (χ1n) is 11.9. The van der Waals surface area contributed by atoms with Crippen LogP contribution in [-0.2, 0) is 16.1 Å². The fourth-order valence-electron chi connectivity index (χ4n) is 4.68. The number of rotatable bonds is 5. The van der Waals surface area contributed by atoms with Crippen molar-refractivity contribution in [3.05, 3.63) is 126 Å². The number of para-hydroxylation sites is 1. The Bertz CT molecular complexity index is 1610. The average Bonchev–Trinajstić information content (AvgIpc) is 3.37. The minimum atomic E-state index is -0.722. The fraction of sp³-hybridized carbons (Fsp3) is 0.0968. The molecule has 5 heteroatoms. The summed E-state index contributed by atoms with van der Waals surface area (Å²) in [5.41, 5.74) is 2.68. The molecule has 36 heavy (non-hydrogen) atoms. The number of amides is 1. The second-order valence-electron chi connectivity index (χ2n) is 8.73. The zero-order valence-corrected chi connectivity index (χ0v) is 19.8. The van der Waals surface area contributed by atoms with Gasteiger partial charge in [0.2, 0.25) is 18.0 Å². The first-order chi connectivity index (χ1) is 17.7. The topological polar surface area (TPSA) is 51.1 Å². The molecule has 0 saturated carbocycles. The van der Waals surface area contributed by atoms with Crippen LogP contribution in [0.15, 0.2) is 114 Å². The van der Waals surface area contributed by atoms with Crippen molar-refractivity contribution in [2.24, 2.45) is 5.10 Å². The first-order valence-corrected chi connectivity index (χ1v) is 11.9. The normalized spacial score (nSPS) is 15.1. The van der Waals surface area contributed by atoms with Gasteiger partial charge in [0.05, 0.1) is 5.56 Å². The van der Waals surface area contributed by atoms with Crippen molar-refractivity contribution in [1.29, 1.82) is 0 Å². The first kappa shape index (κ1) is 21.9. The maximum absolute atomic E-state index is 12.6. The van der Waals surface area contributed by atoms with Crippen molar-refractivity contribution in [3.8, 4) is 5.75 Å². The number of nitrogens with zero attached hydrogens (tertiary/aromatic N) is 2. The lowest BCUT2D eigenvalue weighted by Crippen LogP contribution is -2.25. The number of hydrogen-bond acceptors (Lipinski definition) is 4. The molecule has 6 rings (SSSR count). The van der Waals surface area contributed by atoms with E-state index in [0.717, 1.165) is 32.8 Å². The summed E-state index contributed by atoms with van der Waals surface area (Å²) in [7, 11) is 0. The van der Waals surface area contributed by atoms with E-state index < -0.39 is 6.23 Å². The van der Waals surface area contributed by atoms with E-state index in [1.165, 1.54) is 17.3 Å².